The molecule has 1 amide bonds. The van der Waals surface area contributed by atoms with E-state index in [-0.39, 0.29) is 17.9 Å². The van der Waals surface area contributed by atoms with Crippen molar-refractivity contribution in [2.24, 2.45) is 0 Å². The maximum atomic E-state index is 13.0. The van der Waals surface area contributed by atoms with Crippen molar-refractivity contribution in [1.82, 2.24) is 4.90 Å². The van der Waals surface area contributed by atoms with Crippen LogP contribution in [0.15, 0.2) is 83.0 Å². The Bertz CT molecular complexity index is 1080. The van der Waals surface area contributed by atoms with Crippen LogP contribution in [-0.2, 0) is 16.1 Å². The third-order valence-corrected chi connectivity index (χ3v) is 5.16. The molecule has 1 aliphatic heterocycles. The van der Waals surface area contributed by atoms with Crippen molar-refractivity contribution in [2.45, 2.75) is 25.9 Å². The van der Waals surface area contributed by atoms with Gasteiger partial charge in [-0.25, -0.2) is 0 Å². The number of Topliss-reactive ketones (excluding diaryl/α,β-unsaturated/α-hetero) is 1. The molecule has 2 aromatic carbocycles. The van der Waals surface area contributed by atoms with Gasteiger partial charge in [0, 0.05) is 5.56 Å². The molecule has 4 rings (SSSR count). The third-order valence-electron chi connectivity index (χ3n) is 5.16. The Labute approximate surface area is 180 Å². The van der Waals surface area contributed by atoms with Crippen molar-refractivity contribution in [3.8, 4) is 5.75 Å². The van der Waals surface area contributed by atoms with Gasteiger partial charge in [-0.05, 0) is 36.2 Å². The molecule has 0 aliphatic carbocycles. The first kappa shape index (κ1) is 20.5. The minimum atomic E-state index is -0.745. The molecule has 0 bridgehead atoms. The first-order chi connectivity index (χ1) is 15.1. The molecule has 0 saturated carbocycles. The maximum Gasteiger partial charge on any atom is 0.296 e. The first-order valence-electron chi connectivity index (χ1n) is 10.2. The summed E-state index contributed by atoms with van der Waals surface area (Å²) in [4.78, 5) is 27.3. The average Bonchev–Trinajstić information content (AvgIpc) is 3.41. The first-order valence-corrected chi connectivity index (χ1v) is 10.2. The van der Waals surface area contributed by atoms with Crippen molar-refractivity contribution in [2.75, 3.05) is 6.61 Å². The molecule has 0 radical (unpaired) electrons. The maximum absolute atomic E-state index is 13.0. The zero-order valence-electron chi connectivity index (χ0n) is 17.2. The Morgan fingerprint density at radius 2 is 1.77 bits per heavy atom. The standard InChI is InChI=1S/C25H23NO5/c1-2-14-30-19-12-10-17(11-13-19)22-21(23(27)18-7-4-3-5-8-18)24(28)25(29)26(22)16-20-9-6-15-31-20/h3-13,15,22,27H,2,14,16H2,1H3/b23-21+. The normalized spacial score (nSPS) is 17.8. The van der Waals surface area contributed by atoms with Crippen molar-refractivity contribution in [3.05, 3.63) is 95.5 Å². The number of hydrogen-bond acceptors (Lipinski definition) is 5. The lowest BCUT2D eigenvalue weighted by Crippen LogP contribution is -2.29. The summed E-state index contributed by atoms with van der Waals surface area (Å²) in [5, 5.41) is 11.0. The molecule has 1 aromatic heterocycles. The number of likely N-dealkylation sites (tertiary alicyclic amines) is 1. The van der Waals surface area contributed by atoms with Crippen LogP contribution in [0, 0.1) is 0 Å². The Morgan fingerprint density at radius 1 is 1.03 bits per heavy atom. The largest absolute Gasteiger partial charge is 0.507 e. The zero-order valence-corrected chi connectivity index (χ0v) is 17.2. The topological polar surface area (TPSA) is 80.0 Å². The second-order valence-electron chi connectivity index (χ2n) is 7.29. The van der Waals surface area contributed by atoms with Crippen molar-refractivity contribution in [1.29, 1.82) is 0 Å². The summed E-state index contributed by atoms with van der Waals surface area (Å²) in [5.74, 6) is -0.335. The molecule has 158 valence electrons. The molecule has 31 heavy (non-hydrogen) atoms. The number of aliphatic hydroxyl groups excluding tert-OH is 1. The summed E-state index contributed by atoms with van der Waals surface area (Å²) in [6.45, 7) is 2.74. The predicted molar refractivity (Wildman–Crippen MR) is 115 cm³/mol. The van der Waals surface area contributed by atoms with Gasteiger partial charge in [0.1, 0.15) is 17.3 Å². The van der Waals surface area contributed by atoms with E-state index in [1.54, 1.807) is 48.5 Å². The zero-order chi connectivity index (χ0) is 21.8. The van der Waals surface area contributed by atoms with Gasteiger partial charge >= 0.3 is 0 Å². The number of amides is 1. The molecule has 0 spiro atoms. The number of furan rings is 1. The number of benzene rings is 2. The van der Waals surface area contributed by atoms with Gasteiger partial charge in [-0.1, -0.05) is 49.4 Å². The number of ketones is 1. The minimum Gasteiger partial charge on any atom is -0.507 e. The van der Waals surface area contributed by atoms with Crippen LogP contribution < -0.4 is 4.74 Å². The van der Waals surface area contributed by atoms with Crippen molar-refractivity contribution >= 4 is 17.4 Å². The predicted octanol–water partition coefficient (Wildman–Crippen LogP) is 4.69. The van der Waals surface area contributed by atoms with Crippen LogP contribution in [0.25, 0.3) is 5.76 Å². The van der Waals surface area contributed by atoms with E-state index in [9.17, 15) is 14.7 Å². The molecule has 1 aliphatic rings. The van der Waals surface area contributed by atoms with Crippen LogP contribution in [0.1, 0.15) is 36.3 Å². The Hall–Kier alpha value is -3.80. The number of carbonyl (C=O) groups is 2. The highest BCUT2D eigenvalue weighted by Gasteiger charge is 2.46. The quantitative estimate of drug-likeness (QED) is 0.343. The fraction of sp³-hybridized carbons (Fsp3) is 0.200. The van der Waals surface area contributed by atoms with Crippen LogP contribution in [0.2, 0.25) is 0 Å². The van der Waals surface area contributed by atoms with Gasteiger partial charge in [-0.2, -0.15) is 0 Å². The number of carbonyl (C=O) groups excluding carboxylic acids is 2. The minimum absolute atomic E-state index is 0.0602. The summed E-state index contributed by atoms with van der Waals surface area (Å²) < 4.78 is 11.1. The highest BCUT2D eigenvalue weighted by molar-refractivity contribution is 6.46. The highest BCUT2D eigenvalue weighted by Crippen LogP contribution is 2.40. The lowest BCUT2D eigenvalue weighted by atomic mass is 9.95. The second-order valence-corrected chi connectivity index (χ2v) is 7.29. The Morgan fingerprint density at radius 3 is 2.42 bits per heavy atom. The average molecular weight is 417 g/mol. The molecule has 1 N–H and O–H groups in total. The van der Waals surface area contributed by atoms with E-state index in [0.717, 1.165) is 6.42 Å². The van der Waals surface area contributed by atoms with Crippen LogP contribution in [-0.4, -0.2) is 28.3 Å². The third kappa shape index (κ3) is 4.10. The number of nitrogens with zero attached hydrogens (tertiary/aromatic N) is 1. The molecular formula is C25H23NO5. The van der Waals surface area contributed by atoms with Crippen LogP contribution in [0.5, 0.6) is 5.75 Å². The number of ether oxygens (including phenoxy) is 1. The second kappa shape index (κ2) is 8.92. The number of hydrogen-bond donors (Lipinski definition) is 1. The van der Waals surface area contributed by atoms with E-state index in [1.165, 1.54) is 11.2 Å². The molecule has 1 saturated heterocycles. The molecule has 1 unspecified atom stereocenters. The number of rotatable bonds is 7. The van der Waals surface area contributed by atoms with Crippen molar-refractivity contribution in [3.63, 3.8) is 0 Å². The van der Waals surface area contributed by atoms with Crippen LogP contribution in [0.4, 0.5) is 0 Å². The monoisotopic (exact) mass is 417 g/mol. The summed E-state index contributed by atoms with van der Waals surface area (Å²) >= 11 is 0. The molecular weight excluding hydrogens is 394 g/mol. The summed E-state index contributed by atoms with van der Waals surface area (Å²) in [7, 11) is 0. The van der Waals surface area contributed by atoms with Gasteiger partial charge in [0.25, 0.3) is 11.7 Å². The van der Waals surface area contributed by atoms with E-state index in [0.29, 0.717) is 29.2 Å². The Kier molecular flexibility index (Phi) is 5.89. The molecule has 1 fully saturated rings. The molecule has 1 atom stereocenters. The molecule has 6 heteroatoms. The Balaban J connectivity index is 1.79. The van der Waals surface area contributed by atoms with Gasteiger partial charge < -0.3 is 19.2 Å². The van der Waals surface area contributed by atoms with E-state index in [2.05, 4.69) is 0 Å². The number of aliphatic hydroxyl groups is 1. The molecule has 2 heterocycles. The highest BCUT2D eigenvalue weighted by atomic mass is 16.5. The van der Waals surface area contributed by atoms with E-state index >= 15 is 0 Å². The van der Waals surface area contributed by atoms with E-state index < -0.39 is 17.7 Å². The lowest BCUT2D eigenvalue weighted by molar-refractivity contribution is -0.140. The summed E-state index contributed by atoms with van der Waals surface area (Å²) in [5.41, 5.74) is 1.24. The summed E-state index contributed by atoms with van der Waals surface area (Å²) in [6.07, 6.45) is 2.41. The van der Waals surface area contributed by atoms with E-state index in [1.807, 2.05) is 25.1 Å². The van der Waals surface area contributed by atoms with Crippen LogP contribution >= 0.6 is 0 Å². The smallest absolute Gasteiger partial charge is 0.296 e. The van der Waals surface area contributed by atoms with Gasteiger partial charge in [-0.3, -0.25) is 9.59 Å². The van der Waals surface area contributed by atoms with Crippen molar-refractivity contribution < 1.29 is 23.8 Å². The van der Waals surface area contributed by atoms with E-state index in [4.69, 9.17) is 9.15 Å². The van der Waals surface area contributed by atoms with Gasteiger partial charge in [0.2, 0.25) is 0 Å². The van der Waals surface area contributed by atoms with Gasteiger partial charge in [0.05, 0.1) is 31.0 Å². The fourth-order valence-electron chi connectivity index (χ4n) is 3.68. The van der Waals surface area contributed by atoms with Gasteiger partial charge in [0.15, 0.2) is 0 Å². The fourth-order valence-corrected chi connectivity index (χ4v) is 3.68. The van der Waals surface area contributed by atoms with Gasteiger partial charge in [-0.15, -0.1) is 0 Å². The SMILES string of the molecule is CCCOc1ccc(C2/C(=C(\O)c3ccccc3)C(=O)C(=O)N2Cc2ccco2)cc1. The molecule has 3 aromatic rings. The molecule has 6 nitrogen and oxygen atoms in total. The summed E-state index contributed by atoms with van der Waals surface area (Å²) in [6, 6.07) is 18.7. The lowest BCUT2D eigenvalue weighted by Gasteiger charge is -2.24. The van der Waals surface area contributed by atoms with Crippen LogP contribution in [0.3, 0.4) is 0 Å².